The zero-order chi connectivity index (χ0) is 18.6. The Balaban J connectivity index is 1.85. The van der Waals surface area contributed by atoms with E-state index in [1.807, 2.05) is 65.1 Å². The Kier molecular flexibility index (Phi) is 5.85. The number of hydrogen-bond donors (Lipinski definition) is 3. The number of carbonyl (C=O) groups excluding carboxylic acids is 2. The van der Waals surface area contributed by atoms with Gasteiger partial charge in [-0.1, -0.05) is 18.2 Å². The van der Waals surface area contributed by atoms with Crippen LogP contribution in [0.2, 0.25) is 0 Å². The Labute approximate surface area is 148 Å². The standard InChI is InChI=1S/C19H27N3O3/c1-13(16-10-14-8-6-7-9-15(14)25-16)20-17(23)11-22(5)12-18(24)21-19(2,3)4/h6-10,13H,11-12H2,1-5H3,(H,20,23)(H,21,24)/p+1/t13-/m0/s1. The van der Waals surface area contributed by atoms with Gasteiger partial charge in [-0.05, 0) is 39.8 Å². The first-order chi connectivity index (χ1) is 11.6. The zero-order valence-corrected chi connectivity index (χ0v) is 15.6. The molecule has 6 nitrogen and oxygen atoms in total. The van der Waals surface area contributed by atoms with E-state index in [9.17, 15) is 9.59 Å². The SMILES string of the molecule is C[C@H](NC(=O)C[NH+](C)CC(=O)NC(C)(C)C)c1cc2ccccc2o1. The van der Waals surface area contributed by atoms with Crippen LogP contribution in [0.3, 0.4) is 0 Å². The highest BCUT2D eigenvalue weighted by Gasteiger charge is 2.20. The largest absolute Gasteiger partial charge is 0.459 e. The maximum Gasteiger partial charge on any atom is 0.275 e. The van der Waals surface area contributed by atoms with E-state index in [-0.39, 0.29) is 36.5 Å². The molecule has 0 aliphatic carbocycles. The van der Waals surface area contributed by atoms with Gasteiger partial charge in [0.05, 0.1) is 13.1 Å². The molecule has 1 unspecified atom stereocenters. The van der Waals surface area contributed by atoms with Crippen LogP contribution < -0.4 is 15.5 Å². The van der Waals surface area contributed by atoms with Crippen LogP contribution in [0.15, 0.2) is 34.7 Å². The van der Waals surface area contributed by atoms with Gasteiger partial charge < -0.3 is 20.0 Å². The minimum atomic E-state index is -0.268. The zero-order valence-electron chi connectivity index (χ0n) is 15.6. The lowest BCUT2D eigenvalue weighted by atomic mass is 10.1. The normalized spacial score (nSPS) is 14.1. The number of fused-ring (bicyclic) bond motifs is 1. The summed E-state index contributed by atoms with van der Waals surface area (Å²) in [4.78, 5) is 25.0. The number of carbonyl (C=O) groups is 2. The molecule has 1 aromatic carbocycles. The summed E-state index contributed by atoms with van der Waals surface area (Å²) in [5, 5.41) is 6.84. The summed E-state index contributed by atoms with van der Waals surface area (Å²) < 4.78 is 5.77. The average Bonchev–Trinajstić information content (AvgIpc) is 2.88. The summed E-state index contributed by atoms with van der Waals surface area (Å²) in [6.07, 6.45) is 0. The minimum absolute atomic E-state index is 0.0665. The maximum atomic E-state index is 12.2. The molecule has 2 rings (SSSR count). The van der Waals surface area contributed by atoms with E-state index >= 15 is 0 Å². The highest BCUT2D eigenvalue weighted by atomic mass is 16.3. The molecule has 3 N–H and O–H groups in total. The first kappa shape index (κ1) is 19.0. The number of para-hydroxylation sites is 1. The molecule has 0 aliphatic rings. The number of furan rings is 1. The van der Waals surface area contributed by atoms with Crippen molar-refractivity contribution in [3.05, 3.63) is 36.1 Å². The number of nitrogens with one attached hydrogen (secondary N) is 3. The van der Waals surface area contributed by atoms with Crippen LogP contribution in [-0.2, 0) is 9.59 Å². The highest BCUT2D eigenvalue weighted by Crippen LogP contribution is 2.23. The summed E-state index contributed by atoms with van der Waals surface area (Å²) in [6, 6.07) is 9.46. The van der Waals surface area contributed by atoms with Crippen molar-refractivity contribution in [2.75, 3.05) is 20.1 Å². The molecule has 25 heavy (non-hydrogen) atoms. The third-order valence-electron chi connectivity index (χ3n) is 3.69. The average molecular weight is 346 g/mol. The molecule has 0 aliphatic heterocycles. The van der Waals surface area contributed by atoms with E-state index in [1.54, 1.807) is 0 Å². The first-order valence-corrected chi connectivity index (χ1v) is 8.54. The number of quaternary nitrogens is 1. The van der Waals surface area contributed by atoms with Crippen LogP contribution in [0.25, 0.3) is 11.0 Å². The van der Waals surface area contributed by atoms with E-state index in [0.717, 1.165) is 21.6 Å². The van der Waals surface area contributed by atoms with Crippen molar-refractivity contribution >= 4 is 22.8 Å². The van der Waals surface area contributed by atoms with Crippen LogP contribution >= 0.6 is 0 Å². The topological polar surface area (TPSA) is 75.8 Å². The summed E-state index contributed by atoms with van der Waals surface area (Å²) in [6.45, 7) is 8.16. The maximum absolute atomic E-state index is 12.2. The summed E-state index contributed by atoms with van der Waals surface area (Å²) in [7, 11) is 1.83. The van der Waals surface area contributed by atoms with Gasteiger partial charge in [0.1, 0.15) is 11.3 Å². The molecule has 136 valence electrons. The predicted molar refractivity (Wildman–Crippen MR) is 97.3 cm³/mol. The molecule has 0 saturated heterocycles. The van der Waals surface area contributed by atoms with Crippen molar-refractivity contribution in [3.8, 4) is 0 Å². The van der Waals surface area contributed by atoms with Gasteiger partial charge in [0.25, 0.3) is 11.8 Å². The molecule has 0 saturated carbocycles. The molecule has 6 heteroatoms. The molecule has 0 bridgehead atoms. The molecule has 0 spiro atoms. The Morgan fingerprint density at radius 1 is 1.16 bits per heavy atom. The monoisotopic (exact) mass is 346 g/mol. The van der Waals surface area contributed by atoms with Crippen molar-refractivity contribution < 1.29 is 18.9 Å². The van der Waals surface area contributed by atoms with E-state index in [4.69, 9.17) is 4.42 Å². The Hall–Kier alpha value is -2.34. The second-order valence-electron chi connectivity index (χ2n) is 7.58. The fourth-order valence-corrected chi connectivity index (χ4v) is 2.65. The van der Waals surface area contributed by atoms with Gasteiger partial charge in [0.2, 0.25) is 0 Å². The summed E-state index contributed by atoms with van der Waals surface area (Å²) >= 11 is 0. The Morgan fingerprint density at radius 3 is 2.44 bits per heavy atom. The smallest absolute Gasteiger partial charge is 0.275 e. The highest BCUT2D eigenvalue weighted by molar-refractivity contribution is 5.80. The molecule has 1 aromatic heterocycles. The van der Waals surface area contributed by atoms with Crippen molar-refractivity contribution in [1.82, 2.24) is 10.6 Å². The van der Waals surface area contributed by atoms with Gasteiger partial charge in [-0.25, -0.2) is 0 Å². The van der Waals surface area contributed by atoms with E-state index in [1.165, 1.54) is 0 Å². The number of rotatable bonds is 6. The first-order valence-electron chi connectivity index (χ1n) is 8.54. The fourth-order valence-electron chi connectivity index (χ4n) is 2.65. The third-order valence-corrected chi connectivity index (χ3v) is 3.69. The molecular formula is C19H28N3O3+. The Bertz CT molecular complexity index is 713. The minimum Gasteiger partial charge on any atom is -0.459 e. The lowest BCUT2D eigenvalue weighted by Gasteiger charge is -2.22. The van der Waals surface area contributed by atoms with Gasteiger partial charge >= 0.3 is 0 Å². The van der Waals surface area contributed by atoms with E-state index in [2.05, 4.69) is 10.6 Å². The van der Waals surface area contributed by atoms with Crippen molar-refractivity contribution in [1.29, 1.82) is 0 Å². The Morgan fingerprint density at radius 2 is 1.80 bits per heavy atom. The number of amides is 2. The van der Waals surface area contributed by atoms with Crippen LogP contribution in [0.1, 0.15) is 39.5 Å². The molecule has 0 fully saturated rings. The quantitative estimate of drug-likeness (QED) is 0.731. The predicted octanol–water partition coefficient (Wildman–Crippen LogP) is 1.04. The van der Waals surface area contributed by atoms with Crippen LogP contribution in [-0.4, -0.2) is 37.5 Å². The molecule has 2 aromatic rings. The van der Waals surface area contributed by atoms with Crippen molar-refractivity contribution in [2.24, 2.45) is 0 Å². The molecule has 2 amide bonds. The fraction of sp³-hybridized carbons (Fsp3) is 0.474. The van der Waals surface area contributed by atoms with Crippen LogP contribution in [0.5, 0.6) is 0 Å². The second kappa shape index (κ2) is 7.70. The lowest BCUT2D eigenvalue weighted by molar-refractivity contribution is -0.862. The third kappa shape index (κ3) is 5.90. The number of likely N-dealkylation sites (N-methyl/N-ethyl adjacent to an activating group) is 1. The van der Waals surface area contributed by atoms with Gasteiger partial charge in [-0.2, -0.15) is 0 Å². The van der Waals surface area contributed by atoms with E-state index < -0.39 is 0 Å². The summed E-state index contributed by atoms with van der Waals surface area (Å²) in [5.41, 5.74) is 0.537. The van der Waals surface area contributed by atoms with E-state index in [0.29, 0.717) is 0 Å². The van der Waals surface area contributed by atoms with Crippen LogP contribution in [0.4, 0.5) is 0 Å². The molecular weight excluding hydrogens is 318 g/mol. The molecule has 2 atom stereocenters. The molecule has 1 heterocycles. The second-order valence-corrected chi connectivity index (χ2v) is 7.58. The molecule has 0 radical (unpaired) electrons. The van der Waals surface area contributed by atoms with Crippen molar-refractivity contribution in [3.63, 3.8) is 0 Å². The van der Waals surface area contributed by atoms with Gasteiger partial charge in [-0.15, -0.1) is 0 Å². The number of benzene rings is 1. The van der Waals surface area contributed by atoms with Crippen LogP contribution in [0, 0.1) is 0 Å². The summed E-state index contributed by atoms with van der Waals surface area (Å²) in [5.74, 6) is 0.537. The van der Waals surface area contributed by atoms with Crippen molar-refractivity contribution in [2.45, 2.75) is 39.3 Å². The number of hydrogen-bond acceptors (Lipinski definition) is 3. The van der Waals surface area contributed by atoms with Gasteiger partial charge in [-0.3, -0.25) is 9.59 Å². The lowest BCUT2D eigenvalue weighted by Crippen LogP contribution is -3.11. The van der Waals surface area contributed by atoms with Gasteiger partial charge in [0, 0.05) is 10.9 Å². The van der Waals surface area contributed by atoms with Gasteiger partial charge in [0.15, 0.2) is 13.1 Å².